The highest BCUT2D eigenvalue weighted by molar-refractivity contribution is 7.91. The lowest BCUT2D eigenvalue weighted by Gasteiger charge is -2.27. The predicted molar refractivity (Wildman–Crippen MR) is 228 cm³/mol. The Bertz CT molecular complexity index is 1850. The van der Waals surface area contributed by atoms with E-state index in [4.69, 9.17) is 4.74 Å². The highest BCUT2D eigenvalue weighted by Crippen LogP contribution is 2.38. The third-order valence-electron chi connectivity index (χ3n) is 8.92. The molecule has 0 saturated carbocycles. The van der Waals surface area contributed by atoms with Crippen molar-refractivity contribution in [1.29, 1.82) is 0 Å². The van der Waals surface area contributed by atoms with Crippen LogP contribution in [-0.4, -0.2) is 33.1 Å². The van der Waals surface area contributed by atoms with Crippen LogP contribution in [0.5, 0.6) is 0 Å². The average molecular weight is 745 g/mol. The van der Waals surface area contributed by atoms with Gasteiger partial charge in [-0.1, -0.05) is 172 Å². The van der Waals surface area contributed by atoms with E-state index in [0.717, 1.165) is 26.1 Å². The maximum Gasteiger partial charge on any atom is 0.149 e. The van der Waals surface area contributed by atoms with Crippen molar-refractivity contribution in [3.8, 4) is 0 Å². The molecule has 0 radical (unpaired) electrons. The molecule has 52 heavy (non-hydrogen) atoms. The van der Waals surface area contributed by atoms with Crippen LogP contribution in [0.15, 0.2) is 158 Å². The summed E-state index contributed by atoms with van der Waals surface area (Å²) in [6, 6.07) is 59.0. The summed E-state index contributed by atoms with van der Waals surface area (Å²) in [5.41, 5.74) is 5.66. The van der Waals surface area contributed by atoms with Crippen molar-refractivity contribution in [2.45, 2.75) is 40.5 Å². The van der Waals surface area contributed by atoms with Crippen LogP contribution in [0.2, 0.25) is 0 Å². The number of ether oxygens (including phenoxy) is 1. The zero-order chi connectivity index (χ0) is 36.8. The van der Waals surface area contributed by atoms with E-state index in [0.29, 0.717) is 0 Å². The fourth-order valence-corrected chi connectivity index (χ4v) is 11.6. The fourth-order valence-electron chi connectivity index (χ4n) is 6.16. The summed E-state index contributed by atoms with van der Waals surface area (Å²) in [4.78, 5) is 0. The SMILES string of the molecule is CCOCC.CCS(=O)(=O)CC.c1ccc(P(c2ccccc2)c2cc3ccc2Cc2ccc(c(P(c4ccccc4)c4ccccc4)c2)C3)cc1. The molecule has 0 amide bonds. The summed E-state index contributed by atoms with van der Waals surface area (Å²) in [7, 11) is -3.96. The van der Waals surface area contributed by atoms with E-state index < -0.39 is 25.7 Å². The molecule has 0 N–H and O–H groups in total. The van der Waals surface area contributed by atoms with Crippen LogP contribution in [0.25, 0.3) is 0 Å². The molecule has 6 aromatic carbocycles. The molecule has 6 heteroatoms. The second kappa shape index (κ2) is 19.8. The van der Waals surface area contributed by atoms with Crippen LogP contribution in [0.4, 0.5) is 0 Å². The number of hydrogen-bond donors (Lipinski definition) is 0. The van der Waals surface area contributed by atoms with Crippen LogP contribution in [0, 0.1) is 0 Å². The maximum absolute atomic E-state index is 10.4. The summed E-state index contributed by atoms with van der Waals surface area (Å²) in [6.45, 7) is 8.97. The molecular weight excluding hydrogens is 695 g/mol. The molecule has 0 spiro atoms. The van der Waals surface area contributed by atoms with Crippen LogP contribution in [-0.2, 0) is 27.4 Å². The Balaban J connectivity index is 0.000000378. The van der Waals surface area contributed by atoms with Gasteiger partial charge in [0.2, 0.25) is 0 Å². The number of benzene rings is 6. The van der Waals surface area contributed by atoms with Crippen LogP contribution in [0.1, 0.15) is 49.9 Å². The normalized spacial score (nSPS) is 11.8. The molecule has 268 valence electrons. The van der Waals surface area contributed by atoms with Crippen molar-refractivity contribution in [2.24, 2.45) is 0 Å². The Morgan fingerprint density at radius 3 is 1.00 bits per heavy atom. The highest BCUT2D eigenvalue weighted by Gasteiger charge is 2.24. The van der Waals surface area contributed by atoms with Gasteiger partial charge in [-0.15, -0.1) is 0 Å². The van der Waals surface area contributed by atoms with Gasteiger partial charge in [-0.25, -0.2) is 8.42 Å². The van der Waals surface area contributed by atoms with Gasteiger partial charge in [-0.05, 0) is 96.6 Å². The lowest BCUT2D eigenvalue weighted by atomic mass is 9.95. The molecule has 0 fully saturated rings. The predicted octanol–water partition coefficient (Wildman–Crippen LogP) is 8.18. The first-order valence-electron chi connectivity index (χ1n) is 18.2. The molecule has 4 aliphatic carbocycles. The Labute approximate surface area is 314 Å². The van der Waals surface area contributed by atoms with Crippen molar-refractivity contribution in [3.63, 3.8) is 0 Å². The number of hydrogen-bond acceptors (Lipinski definition) is 3. The van der Waals surface area contributed by atoms with E-state index >= 15 is 0 Å². The fraction of sp³-hybridized carbons (Fsp3) is 0.217. The Hall–Kier alpha value is -3.91. The van der Waals surface area contributed by atoms with Crippen LogP contribution >= 0.6 is 15.8 Å². The molecule has 6 aromatic rings. The molecule has 10 rings (SSSR count). The van der Waals surface area contributed by atoms with Gasteiger partial charge in [-0.3, -0.25) is 0 Å². The van der Waals surface area contributed by atoms with Crippen molar-refractivity contribution < 1.29 is 13.2 Å². The first-order valence-corrected chi connectivity index (χ1v) is 22.7. The summed E-state index contributed by atoms with van der Waals surface area (Å²) in [5.74, 6) is 0.535. The second-order valence-corrected chi connectivity index (χ2v) is 19.4. The van der Waals surface area contributed by atoms with E-state index in [-0.39, 0.29) is 11.5 Å². The molecule has 4 aliphatic rings. The summed E-state index contributed by atoms with van der Waals surface area (Å²) < 4.78 is 25.6. The monoisotopic (exact) mass is 744 g/mol. The molecule has 0 atom stereocenters. The molecule has 0 unspecified atom stereocenters. The van der Waals surface area contributed by atoms with E-state index in [1.54, 1.807) is 13.8 Å². The first-order chi connectivity index (χ1) is 25.4. The Morgan fingerprint density at radius 2 is 0.769 bits per heavy atom. The molecule has 0 aliphatic heterocycles. The van der Waals surface area contributed by atoms with E-state index in [2.05, 4.69) is 158 Å². The average Bonchev–Trinajstić information content (AvgIpc) is 3.20. The second-order valence-electron chi connectivity index (χ2n) is 12.4. The minimum Gasteiger partial charge on any atom is -0.382 e. The standard InChI is InChI=1S/C38H30P2.C4H10O2S.C4H10O/c1-5-13-33(14-6-1)39(34-15-7-2-8-16-34)37-27-29-21-23-31(37)25-30-22-24-32(26-29)38(28-30)40(35-17-9-3-10-18-35)36-19-11-4-12-20-36;1-3-7(5,6)4-2;1-3-5-4-2/h1-24,27-28H,25-26H2;3-4H2,1-2H3;3-4H2,1-2H3. The van der Waals surface area contributed by atoms with Crippen molar-refractivity contribution in [1.82, 2.24) is 0 Å². The van der Waals surface area contributed by atoms with Gasteiger partial charge in [0, 0.05) is 24.7 Å². The minimum atomic E-state index is -2.66. The molecule has 0 saturated heterocycles. The van der Waals surface area contributed by atoms with Gasteiger partial charge in [0.25, 0.3) is 0 Å². The molecule has 4 bridgehead atoms. The third-order valence-corrected chi connectivity index (χ3v) is 15.7. The number of rotatable bonds is 10. The van der Waals surface area contributed by atoms with Crippen molar-refractivity contribution in [3.05, 3.63) is 180 Å². The minimum absolute atomic E-state index is 0.267. The van der Waals surface area contributed by atoms with E-state index in [1.165, 1.54) is 54.1 Å². The lowest BCUT2D eigenvalue weighted by Crippen LogP contribution is -2.27. The number of sulfone groups is 1. The largest absolute Gasteiger partial charge is 0.382 e. The molecule has 0 heterocycles. The Kier molecular flexibility index (Phi) is 15.0. The zero-order valence-electron chi connectivity index (χ0n) is 30.8. The lowest BCUT2D eigenvalue weighted by molar-refractivity contribution is 0.162. The van der Waals surface area contributed by atoms with Crippen molar-refractivity contribution in [2.75, 3.05) is 24.7 Å². The molecule has 3 nitrogen and oxygen atoms in total. The van der Waals surface area contributed by atoms with Gasteiger partial charge in [-0.2, -0.15) is 0 Å². The molecular formula is C46H50O3P2S. The van der Waals surface area contributed by atoms with Crippen molar-refractivity contribution >= 4 is 57.5 Å². The van der Waals surface area contributed by atoms with Crippen LogP contribution in [0.3, 0.4) is 0 Å². The van der Waals surface area contributed by atoms with Crippen LogP contribution < -0.4 is 31.8 Å². The quantitative estimate of drug-likeness (QED) is 0.133. The van der Waals surface area contributed by atoms with E-state index in [1.807, 2.05) is 13.8 Å². The summed E-state index contributed by atoms with van der Waals surface area (Å²) in [6.07, 6.45) is 1.88. The zero-order valence-corrected chi connectivity index (χ0v) is 33.4. The van der Waals surface area contributed by atoms with Gasteiger partial charge >= 0.3 is 0 Å². The summed E-state index contributed by atoms with van der Waals surface area (Å²) >= 11 is 0. The summed E-state index contributed by atoms with van der Waals surface area (Å²) in [5, 5.41) is 8.61. The van der Waals surface area contributed by atoms with Gasteiger partial charge < -0.3 is 4.74 Å². The van der Waals surface area contributed by atoms with Gasteiger partial charge in [0.1, 0.15) is 9.84 Å². The smallest absolute Gasteiger partial charge is 0.149 e. The first kappa shape index (κ1) is 39.3. The highest BCUT2D eigenvalue weighted by atomic mass is 32.2. The third kappa shape index (κ3) is 10.6. The molecule has 0 aromatic heterocycles. The topological polar surface area (TPSA) is 43.4 Å². The Morgan fingerprint density at radius 1 is 0.462 bits per heavy atom. The van der Waals surface area contributed by atoms with Gasteiger partial charge in [0.15, 0.2) is 0 Å². The maximum atomic E-state index is 10.4. The van der Waals surface area contributed by atoms with Gasteiger partial charge in [0.05, 0.1) is 0 Å². The van der Waals surface area contributed by atoms with E-state index in [9.17, 15) is 8.42 Å².